The van der Waals surface area contributed by atoms with Crippen LogP contribution in [0, 0.1) is 0 Å². The molecule has 0 amide bonds. The highest BCUT2D eigenvalue weighted by atomic mass is 16.4. The first-order valence-electron chi connectivity index (χ1n) is 5.06. The standard InChI is InChI=1S/C12H10O5/c1-2-7-10(14)8-5-6(13)3-4-9(8)17-11(7)12(15)16/h3-5,13H,2H2,1H3,(H,15,16). The number of phenolic OH excluding ortho intramolecular Hbond substituents is 1. The summed E-state index contributed by atoms with van der Waals surface area (Å²) in [5.41, 5.74) is -0.153. The monoisotopic (exact) mass is 234 g/mol. The van der Waals surface area contributed by atoms with Crippen molar-refractivity contribution in [3.63, 3.8) is 0 Å². The average molecular weight is 234 g/mol. The van der Waals surface area contributed by atoms with Crippen molar-refractivity contribution >= 4 is 16.9 Å². The van der Waals surface area contributed by atoms with Gasteiger partial charge in [-0.3, -0.25) is 4.79 Å². The highest BCUT2D eigenvalue weighted by Crippen LogP contribution is 2.20. The smallest absolute Gasteiger partial charge is 0.372 e. The molecule has 5 nitrogen and oxygen atoms in total. The van der Waals surface area contributed by atoms with Crippen LogP contribution in [0.25, 0.3) is 11.0 Å². The fourth-order valence-electron chi connectivity index (χ4n) is 1.72. The summed E-state index contributed by atoms with van der Waals surface area (Å²) in [5, 5.41) is 18.4. The minimum atomic E-state index is -1.27. The summed E-state index contributed by atoms with van der Waals surface area (Å²) in [4.78, 5) is 23.0. The molecule has 0 aliphatic carbocycles. The van der Waals surface area contributed by atoms with Crippen LogP contribution in [0.4, 0.5) is 0 Å². The topological polar surface area (TPSA) is 87.7 Å². The second-order valence-electron chi connectivity index (χ2n) is 3.58. The zero-order valence-electron chi connectivity index (χ0n) is 9.06. The van der Waals surface area contributed by atoms with Gasteiger partial charge in [-0.25, -0.2) is 4.79 Å². The van der Waals surface area contributed by atoms with Gasteiger partial charge < -0.3 is 14.6 Å². The van der Waals surface area contributed by atoms with Crippen molar-refractivity contribution in [1.82, 2.24) is 0 Å². The molecular weight excluding hydrogens is 224 g/mol. The molecule has 1 heterocycles. The Labute approximate surface area is 95.9 Å². The Morgan fingerprint density at radius 2 is 2.12 bits per heavy atom. The molecule has 0 bridgehead atoms. The van der Waals surface area contributed by atoms with E-state index >= 15 is 0 Å². The van der Waals surface area contributed by atoms with E-state index in [1.165, 1.54) is 18.2 Å². The first kappa shape index (κ1) is 11.2. The largest absolute Gasteiger partial charge is 0.508 e. The quantitative estimate of drug-likeness (QED) is 0.826. The lowest BCUT2D eigenvalue weighted by atomic mass is 10.1. The number of carboxylic acid groups (broad SMARTS) is 1. The van der Waals surface area contributed by atoms with Crippen molar-refractivity contribution in [2.45, 2.75) is 13.3 Å². The Balaban J connectivity index is 2.93. The van der Waals surface area contributed by atoms with E-state index in [4.69, 9.17) is 9.52 Å². The van der Waals surface area contributed by atoms with E-state index in [9.17, 15) is 14.7 Å². The SMILES string of the molecule is CCc1c(C(=O)O)oc2ccc(O)cc2c1=O. The highest BCUT2D eigenvalue weighted by Gasteiger charge is 2.18. The van der Waals surface area contributed by atoms with Gasteiger partial charge >= 0.3 is 5.97 Å². The van der Waals surface area contributed by atoms with Gasteiger partial charge in [0.1, 0.15) is 11.3 Å². The number of carbonyl (C=O) groups is 1. The van der Waals surface area contributed by atoms with Crippen LogP contribution >= 0.6 is 0 Å². The Hall–Kier alpha value is -2.30. The van der Waals surface area contributed by atoms with Crippen LogP contribution in [-0.2, 0) is 6.42 Å². The number of phenols is 1. The number of carboxylic acids is 1. The third-order valence-corrected chi connectivity index (χ3v) is 2.52. The lowest BCUT2D eigenvalue weighted by Crippen LogP contribution is -2.15. The fourth-order valence-corrected chi connectivity index (χ4v) is 1.72. The summed E-state index contributed by atoms with van der Waals surface area (Å²) in [6.07, 6.45) is 0.259. The zero-order valence-corrected chi connectivity index (χ0v) is 9.06. The molecule has 0 saturated carbocycles. The van der Waals surface area contributed by atoms with Crippen molar-refractivity contribution in [3.05, 3.63) is 39.7 Å². The molecule has 0 saturated heterocycles. The van der Waals surface area contributed by atoms with Gasteiger partial charge in [0.05, 0.1) is 10.9 Å². The van der Waals surface area contributed by atoms with Crippen LogP contribution < -0.4 is 5.43 Å². The molecule has 0 aliphatic rings. The number of hydrogen-bond donors (Lipinski definition) is 2. The molecule has 0 spiro atoms. The third kappa shape index (κ3) is 1.75. The summed E-state index contributed by atoms with van der Waals surface area (Å²) in [6.45, 7) is 1.67. The first-order valence-corrected chi connectivity index (χ1v) is 5.06. The van der Waals surface area contributed by atoms with Crippen LogP contribution in [0.2, 0.25) is 0 Å². The fraction of sp³-hybridized carbons (Fsp3) is 0.167. The van der Waals surface area contributed by atoms with E-state index in [0.29, 0.717) is 0 Å². The third-order valence-electron chi connectivity index (χ3n) is 2.52. The Kier molecular flexibility index (Phi) is 2.59. The first-order chi connectivity index (χ1) is 8.04. The van der Waals surface area contributed by atoms with E-state index in [-0.39, 0.29) is 34.5 Å². The molecule has 0 radical (unpaired) electrons. The molecule has 1 aromatic heterocycles. The van der Waals surface area contributed by atoms with Gasteiger partial charge in [-0.15, -0.1) is 0 Å². The second-order valence-corrected chi connectivity index (χ2v) is 3.58. The number of aromatic hydroxyl groups is 1. The number of benzene rings is 1. The summed E-state index contributed by atoms with van der Waals surface area (Å²) < 4.78 is 5.17. The van der Waals surface area contributed by atoms with E-state index < -0.39 is 11.4 Å². The van der Waals surface area contributed by atoms with Gasteiger partial charge in [0.15, 0.2) is 5.43 Å². The second kappa shape index (κ2) is 3.93. The molecular formula is C12H10O5. The number of rotatable bonds is 2. The van der Waals surface area contributed by atoms with Crippen molar-refractivity contribution in [2.24, 2.45) is 0 Å². The van der Waals surface area contributed by atoms with E-state index in [0.717, 1.165) is 0 Å². The molecule has 2 N–H and O–H groups in total. The Bertz CT molecular complexity index is 654. The van der Waals surface area contributed by atoms with E-state index in [2.05, 4.69) is 0 Å². The summed E-state index contributed by atoms with van der Waals surface area (Å²) in [6, 6.07) is 3.98. The Morgan fingerprint density at radius 3 is 2.71 bits per heavy atom. The summed E-state index contributed by atoms with van der Waals surface area (Å²) >= 11 is 0. The maximum atomic E-state index is 12.0. The van der Waals surface area contributed by atoms with Crippen LogP contribution in [0.5, 0.6) is 5.75 Å². The van der Waals surface area contributed by atoms with Gasteiger partial charge in [0.2, 0.25) is 5.76 Å². The summed E-state index contributed by atoms with van der Waals surface area (Å²) in [5.74, 6) is -1.67. The van der Waals surface area contributed by atoms with Crippen LogP contribution in [0.3, 0.4) is 0 Å². The molecule has 0 unspecified atom stereocenters. The molecule has 2 rings (SSSR count). The van der Waals surface area contributed by atoms with Crippen molar-refractivity contribution in [3.8, 4) is 5.75 Å². The predicted octanol–water partition coefficient (Wildman–Crippen LogP) is 1.76. The molecule has 0 aliphatic heterocycles. The molecule has 5 heteroatoms. The molecule has 17 heavy (non-hydrogen) atoms. The molecule has 88 valence electrons. The van der Waals surface area contributed by atoms with Gasteiger partial charge in [0.25, 0.3) is 0 Å². The molecule has 2 aromatic rings. The molecule has 0 atom stereocenters. The van der Waals surface area contributed by atoms with E-state index in [1.807, 2.05) is 0 Å². The van der Waals surface area contributed by atoms with Crippen LogP contribution in [-0.4, -0.2) is 16.2 Å². The lowest BCUT2D eigenvalue weighted by molar-refractivity contribution is 0.0661. The summed E-state index contributed by atoms with van der Waals surface area (Å²) in [7, 11) is 0. The van der Waals surface area contributed by atoms with Crippen LogP contribution in [0.15, 0.2) is 27.4 Å². The lowest BCUT2D eigenvalue weighted by Gasteiger charge is -2.04. The minimum Gasteiger partial charge on any atom is -0.508 e. The number of hydrogen-bond acceptors (Lipinski definition) is 4. The minimum absolute atomic E-state index is 0.0603. The average Bonchev–Trinajstić information content (AvgIpc) is 2.29. The van der Waals surface area contributed by atoms with Gasteiger partial charge in [-0.2, -0.15) is 0 Å². The number of fused-ring (bicyclic) bond motifs is 1. The maximum absolute atomic E-state index is 12.0. The molecule has 1 aromatic carbocycles. The number of aromatic carboxylic acids is 1. The Morgan fingerprint density at radius 1 is 1.41 bits per heavy atom. The van der Waals surface area contributed by atoms with Gasteiger partial charge in [-0.1, -0.05) is 6.92 Å². The molecule has 0 fully saturated rings. The van der Waals surface area contributed by atoms with Crippen molar-refractivity contribution in [2.75, 3.05) is 0 Å². The predicted molar refractivity (Wildman–Crippen MR) is 60.5 cm³/mol. The van der Waals surface area contributed by atoms with Gasteiger partial charge in [0, 0.05) is 0 Å². The maximum Gasteiger partial charge on any atom is 0.372 e. The van der Waals surface area contributed by atoms with Crippen molar-refractivity contribution < 1.29 is 19.4 Å². The van der Waals surface area contributed by atoms with Gasteiger partial charge in [-0.05, 0) is 24.6 Å². The van der Waals surface area contributed by atoms with Crippen LogP contribution in [0.1, 0.15) is 23.0 Å². The zero-order chi connectivity index (χ0) is 12.6. The highest BCUT2D eigenvalue weighted by molar-refractivity contribution is 5.89. The van der Waals surface area contributed by atoms with E-state index in [1.54, 1.807) is 6.92 Å². The normalized spacial score (nSPS) is 10.6. The van der Waals surface area contributed by atoms with Crippen molar-refractivity contribution in [1.29, 1.82) is 0 Å².